The van der Waals surface area contributed by atoms with Crippen molar-refractivity contribution in [3.8, 4) is 11.5 Å². The SMILES string of the molecule is CC[NH+](CC)C[C@@H](O)COc1ccc(OC[C@H](O)C[NH+](CC)CC)cc1. The zero-order valence-corrected chi connectivity index (χ0v) is 16.8. The summed E-state index contributed by atoms with van der Waals surface area (Å²) in [6.45, 7) is 14.4. The van der Waals surface area contributed by atoms with Crippen LogP contribution in [0.25, 0.3) is 0 Å². The predicted molar refractivity (Wildman–Crippen MR) is 103 cm³/mol. The minimum atomic E-state index is -0.474. The molecule has 1 aromatic rings. The lowest BCUT2D eigenvalue weighted by molar-refractivity contribution is -0.899. The molecular formula is C20H38N2O4+2. The number of hydrogen-bond donors (Lipinski definition) is 4. The maximum Gasteiger partial charge on any atom is 0.137 e. The van der Waals surface area contributed by atoms with Crippen LogP contribution in [-0.2, 0) is 0 Å². The Morgan fingerprint density at radius 3 is 1.27 bits per heavy atom. The van der Waals surface area contributed by atoms with Gasteiger partial charge in [0.05, 0.1) is 26.2 Å². The van der Waals surface area contributed by atoms with Gasteiger partial charge in [0, 0.05) is 0 Å². The molecule has 0 aliphatic rings. The number of quaternary nitrogens is 2. The number of hydrogen-bond acceptors (Lipinski definition) is 4. The van der Waals surface area contributed by atoms with E-state index in [1.54, 1.807) is 0 Å². The van der Waals surface area contributed by atoms with Crippen LogP contribution in [0.15, 0.2) is 24.3 Å². The van der Waals surface area contributed by atoms with Gasteiger partial charge in [0.15, 0.2) is 0 Å². The van der Waals surface area contributed by atoms with E-state index in [4.69, 9.17) is 9.47 Å². The van der Waals surface area contributed by atoms with Crippen LogP contribution in [0.3, 0.4) is 0 Å². The van der Waals surface area contributed by atoms with Crippen LogP contribution >= 0.6 is 0 Å². The van der Waals surface area contributed by atoms with Crippen LogP contribution in [0.5, 0.6) is 11.5 Å². The van der Waals surface area contributed by atoms with E-state index in [1.807, 2.05) is 24.3 Å². The van der Waals surface area contributed by atoms with E-state index in [0.29, 0.717) is 24.6 Å². The molecule has 4 N–H and O–H groups in total. The van der Waals surface area contributed by atoms with Gasteiger partial charge in [0.25, 0.3) is 0 Å². The normalized spacial score (nSPS) is 13.8. The van der Waals surface area contributed by atoms with Crippen LogP contribution in [0, 0.1) is 0 Å². The van der Waals surface area contributed by atoms with Gasteiger partial charge in [-0.05, 0) is 52.0 Å². The molecule has 150 valence electrons. The molecule has 26 heavy (non-hydrogen) atoms. The minimum absolute atomic E-state index is 0.287. The average molecular weight is 371 g/mol. The first-order valence-corrected chi connectivity index (χ1v) is 9.91. The predicted octanol–water partition coefficient (Wildman–Crippen LogP) is -0.985. The summed E-state index contributed by atoms with van der Waals surface area (Å²) < 4.78 is 11.3. The van der Waals surface area contributed by atoms with Crippen LogP contribution < -0.4 is 19.3 Å². The summed E-state index contributed by atoms with van der Waals surface area (Å²) in [5, 5.41) is 20.1. The molecule has 0 heterocycles. The van der Waals surface area contributed by atoms with E-state index in [9.17, 15) is 10.2 Å². The van der Waals surface area contributed by atoms with Gasteiger partial charge in [0.1, 0.15) is 50.0 Å². The standard InChI is InChI=1S/C20H36N2O4/c1-5-21(6-2)13-17(23)15-25-19-9-11-20(12-10-19)26-16-18(24)14-22(7-3)8-4/h9-12,17-18,23-24H,5-8,13-16H2,1-4H3/p+2/t17-,18-/m1/s1. The number of nitrogens with one attached hydrogen (secondary N) is 2. The summed E-state index contributed by atoms with van der Waals surface area (Å²) >= 11 is 0. The van der Waals surface area contributed by atoms with Crippen LogP contribution in [0.4, 0.5) is 0 Å². The van der Waals surface area contributed by atoms with Crippen molar-refractivity contribution in [1.82, 2.24) is 0 Å². The Hall–Kier alpha value is -1.34. The quantitative estimate of drug-likeness (QED) is 0.340. The van der Waals surface area contributed by atoms with Gasteiger partial charge in [-0.3, -0.25) is 0 Å². The van der Waals surface area contributed by atoms with Gasteiger partial charge in [-0.15, -0.1) is 0 Å². The van der Waals surface area contributed by atoms with E-state index in [0.717, 1.165) is 26.2 Å². The van der Waals surface area contributed by atoms with Crippen molar-refractivity contribution in [2.45, 2.75) is 39.9 Å². The molecule has 0 saturated heterocycles. The van der Waals surface area contributed by atoms with E-state index in [1.165, 1.54) is 9.80 Å². The first kappa shape index (κ1) is 22.7. The van der Waals surface area contributed by atoms with Crippen molar-refractivity contribution in [2.24, 2.45) is 0 Å². The van der Waals surface area contributed by atoms with Crippen molar-refractivity contribution in [3.63, 3.8) is 0 Å². The third-order valence-electron chi connectivity index (χ3n) is 4.76. The summed E-state index contributed by atoms with van der Waals surface area (Å²) in [4.78, 5) is 2.71. The van der Waals surface area contributed by atoms with Gasteiger partial charge in [-0.25, -0.2) is 0 Å². The highest BCUT2D eigenvalue weighted by Gasteiger charge is 2.14. The molecule has 6 heteroatoms. The lowest BCUT2D eigenvalue weighted by Gasteiger charge is -2.20. The minimum Gasteiger partial charge on any atom is -0.491 e. The number of aliphatic hydroxyl groups excluding tert-OH is 2. The van der Waals surface area contributed by atoms with E-state index in [2.05, 4.69) is 27.7 Å². The number of likely N-dealkylation sites (N-methyl/N-ethyl adjacent to an activating group) is 2. The molecule has 0 amide bonds. The van der Waals surface area contributed by atoms with E-state index in [-0.39, 0.29) is 13.2 Å². The second kappa shape index (κ2) is 12.9. The molecule has 0 spiro atoms. The van der Waals surface area contributed by atoms with Crippen molar-refractivity contribution in [1.29, 1.82) is 0 Å². The summed E-state index contributed by atoms with van der Waals surface area (Å²) in [6, 6.07) is 7.31. The third kappa shape index (κ3) is 8.85. The Bertz CT molecular complexity index is 418. The number of aliphatic hydroxyl groups is 2. The molecule has 0 fully saturated rings. The van der Waals surface area contributed by atoms with Crippen LogP contribution in [0.1, 0.15) is 27.7 Å². The zero-order valence-electron chi connectivity index (χ0n) is 16.8. The first-order chi connectivity index (χ1) is 12.5. The summed E-state index contributed by atoms with van der Waals surface area (Å²) in [5.74, 6) is 1.41. The second-order valence-corrected chi connectivity index (χ2v) is 6.72. The summed E-state index contributed by atoms with van der Waals surface area (Å²) in [5.41, 5.74) is 0. The monoisotopic (exact) mass is 370 g/mol. The molecule has 0 saturated carbocycles. The highest BCUT2D eigenvalue weighted by Crippen LogP contribution is 2.17. The lowest BCUT2D eigenvalue weighted by atomic mass is 10.3. The molecular weight excluding hydrogens is 332 g/mol. The highest BCUT2D eigenvalue weighted by molar-refractivity contribution is 5.31. The fourth-order valence-corrected chi connectivity index (χ4v) is 2.88. The summed E-state index contributed by atoms with van der Waals surface area (Å²) in [6.07, 6.45) is -0.947. The van der Waals surface area contributed by atoms with Crippen molar-refractivity contribution in [2.75, 3.05) is 52.5 Å². The fraction of sp³-hybridized carbons (Fsp3) is 0.700. The van der Waals surface area contributed by atoms with Gasteiger partial charge >= 0.3 is 0 Å². The van der Waals surface area contributed by atoms with Crippen LogP contribution in [-0.4, -0.2) is 74.9 Å². The van der Waals surface area contributed by atoms with E-state index < -0.39 is 12.2 Å². The molecule has 6 nitrogen and oxygen atoms in total. The first-order valence-electron chi connectivity index (χ1n) is 9.91. The Morgan fingerprint density at radius 2 is 1.00 bits per heavy atom. The van der Waals surface area contributed by atoms with Crippen LogP contribution in [0.2, 0.25) is 0 Å². The number of rotatable bonds is 14. The molecule has 1 rings (SSSR count). The molecule has 1 aromatic carbocycles. The fourth-order valence-electron chi connectivity index (χ4n) is 2.88. The molecule has 0 bridgehead atoms. The molecule has 2 atom stereocenters. The summed E-state index contributed by atoms with van der Waals surface area (Å²) in [7, 11) is 0. The maximum atomic E-state index is 10.1. The second-order valence-electron chi connectivity index (χ2n) is 6.72. The lowest BCUT2D eigenvalue weighted by Crippen LogP contribution is -3.12. The Labute approximate surface area is 158 Å². The highest BCUT2D eigenvalue weighted by atomic mass is 16.5. The Morgan fingerprint density at radius 1 is 0.692 bits per heavy atom. The Balaban J connectivity index is 2.34. The molecule has 0 aromatic heterocycles. The van der Waals surface area contributed by atoms with Gasteiger partial charge in [-0.2, -0.15) is 0 Å². The number of benzene rings is 1. The number of ether oxygens (including phenoxy) is 2. The van der Waals surface area contributed by atoms with Gasteiger partial charge in [0.2, 0.25) is 0 Å². The smallest absolute Gasteiger partial charge is 0.137 e. The average Bonchev–Trinajstić information content (AvgIpc) is 2.67. The van der Waals surface area contributed by atoms with Gasteiger partial charge < -0.3 is 29.5 Å². The molecule has 0 unspecified atom stereocenters. The van der Waals surface area contributed by atoms with E-state index >= 15 is 0 Å². The maximum absolute atomic E-state index is 10.1. The largest absolute Gasteiger partial charge is 0.491 e. The zero-order chi connectivity index (χ0) is 19.4. The van der Waals surface area contributed by atoms with Crippen molar-refractivity contribution < 1.29 is 29.5 Å². The van der Waals surface area contributed by atoms with Crippen molar-refractivity contribution >= 4 is 0 Å². The topological polar surface area (TPSA) is 67.8 Å². The molecule has 0 radical (unpaired) electrons. The molecule has 0 aliphatic heterocycles. The third-order valence-corrected chi connectivity index (χ3v) is 4.76. The van der Waals surface area contributed by atoms with Gasteiger partial charge in [-0.1, -0.05) is 0 Å². The molecule has 0 aliphatic carbocycles. The Kier molecular flexibility index (Phi) is 11.3. The van der Waals surface area contributed by atoms with Crippen molar-refractivity contribution in [3.05, 3.63) is 24.3 Å².